The van der Waals surface area contributed by atoms with Crippen LogP contribution in [0, 0.1) is 13.8 Å². The number of rotatable bonds is 4. The lowest BCUT2D eigenvalue weighted by atomic mass is 10.3. The number of halogens is 1. The Bertz CT molecular complexity index is 647. The van der Waals surface area contributed by atoms with Crippen LogP contribution in [0.1, 0.15) is 21.7 Å². The van der Waals surface area contributed by atoms with Gasteiger partial charge in [-0.2, -0.15) is 5.10 Å². The average molecular weight is 292 g/mol. The number of carbonyl (C=O) groups is 1. The third-order valence-corrected chi connectivity index (χ3v) is 2.68. The molecule has 2 heterocycles. The van der Waals surface area contributed by atoms with Crippen LogP contribution in [0.2, 0.25) is 0 Å². The first kappa shape index (κ1) is 14.3. The summed E-state index contributed by atoms with van der Waals surface area (Å²) < 4.78 is 6.64. The van der Waals surface area contributed by atoms with Crippen molar-refractivity contribution in [3.05, 3.63) is 53.0 Å². The number of aryl methyl sites for hydroxylation is 2. The Morgan fingerprint density at radius 3 is 2.70 bits per heavy atom. The van der Waals surface area contributed by atoms with Gasteiger partial charge < -0.3 is 4.74 Å². The molecule has 0 spiro atoms. The summed E-state index contributed by atoms with van der Waals surface area (Å²) in [6.45, 7) is 7.28. The molecule has 0 atom stereocenters. The van der Waals surface area contributed by atoms with E-state index in [4.69, 9.17) is 16.3 Å². The lowest BCUT2D eigenvalue weighted by Crippen LogP contribution is -2.08. The number of nitrogens with zero attached hydrogens (tertiary/aromatic N) is 3. The van der Waals surface area contributed by atoms with Gasteiger partial charge in [-0.05, 0) is 32.0 Å². The number of aromatic nitrogens is 3. The van der Waals surface area contributed by atoms with E-state index >= 15 is 0 Å². The van der Waals surface area contributed by atoms with Gasteiger partial charge in [0, 0.05) is 16.9 Å². The summed E-state index contributed by atoms with van der Waals surface area (Å²) in [5.41, 5.74) is 2.24. The minimum atomic E-state index is -0.487. The van der Waals surface area contributed by atoms with E-state index in [0.717, 1.165) is 11.4 Å². The predicted molar refractivity (Wildman–Crippen MR) is 76.1 cm³/mol. The first-order valence-electron chi connectivity index (χ1n) is 5.97. The third-order valence-electron chi connectivity index (χ3n) is 2.57. The van der Waals surface area contributed by atoms with Crippen molar-refractivity contribution in [1.82, 2.24) is 14.8 Å². The van der Waals surface area contributed by atoms with E-state index in [1.165, 1.54) is 6.20 Å². The molecular weight excluding hydrogens is 278 g/mol. The maximum Gasteiger partial charge on any atom is 0.340 e. The quantitative estimate of drug-likeness (QED) is 0.813. The summed E-state index contributed by atoms with van der Waals surface area (Å²) in [5, 5.41) is 4.59. The Labute approximate surface area is 121 Å². The summed E-state index contributed by atoms with van der Waals surface area (Å²) in [6, 6.07) is 5.31. The lowest BCUT2D eigenvalue weighted by molar-refractivity contribution is 0.0545. The van der Waals surface area contributed by atoms with Crippen LogP contribution in [0.15, 0.2) is 36.0 Å². The summed E-state index contributed by atoms with van der Waals surface area (Å²) >= 11 is 5.54. The van der Waals surface area contributed by atoms with Gasteiger partial charge in [-0.3, -0.25) is 0 Å². The average Bonchev–Trinajstić information content (AvgIpc) is 2.75. The standard InChI is InChI=1S/C14H14ClN3O2/c1-9(15)8-20-14(19)12-4-5-13(16-7-12)18-11(3)6-10(2)17-18/h4-7H,1,8H2,2-3H3. The second-order valence-corrected chi connectivity index (χ2v) is 4.87. The number of hydrogen-bond acceptors (Lipinski definition) is 4. The SMILES string of the molecule is C=C(Cl)COC(=O)c1ccc(-n2nc(C)cc2C)nc1. The summed E-state index contributed by atoms with van der Waals surface area (Å²) in [7, 11) is 0. The normalized spacial score (nSPS) is 10.3. The van der Waals surface area contributed by atoms with E-state index < -0.39 is 5.97 Å². The first-order chi connectivity index (χ1) is 9.47. The minimum absolute atomic E-state index is 0.0143. The molecule has 0 saturated carbocycles. The van der Waals surface area contributed by atoms with Crippen molar-refractivity contribution in [3.8, 4) is 5.82 Å². The van der Waals surface area contributed by atoms with Gasteiger partial charge >= 0.3 is 5.97 Å². The molecule has 2 rings (SSSR count). The zero-order valence-electron chi connectivity index (χ0n) is 11.3. The predicted octanol–water partition coefficient (Wildman–Crippen LogP) is 2.79. The molecule has 0 aromatic carbocycles. The van der Waals surface area contributed by atoms with Crippen LogP contribution < -0.4 is 0 Å². The number of pyridine rings is 1. The third kappa shape index (κ3) is 3.24. The highest BCUT2D eigenvalue weighted by atomic mass is 35.5. The van der Waals surface area contributed by atoms with Crippen molar-refractivity contribution in [3.63, 3.8) is 0 Å². The molecule has 2 aromatic rings. The van der Waals surface area contributed by atoms with E-state index in [9.17, 15) is 4.79 Å². The number of hydrogen-bond donors (Lipinski definition) is 0. The molecule has 104 valence electrons. The van der Waals surface area contributed by atoms with Crippen molar-refractivity contribution in [2.75, 3.05) is 6.61 Å². The van der Waals surface area contributed by atoms with Crippen LogP contribution in [0.4, 0.5) is 0 Å². The molecule has 0 saturated heterocycles. The van der Waals surface area contributed by atoms with Crippen LogP contribution in [-0.4, -0.2) is 27.3 Å². The van der Waals surface area contributed by atoms with E-state index in [1.807, 2.05) is 19.9 Å². The monoisotopic (exact) mass is 291 g/mol. The van der Waals surface area contributed by atoms with Crippen LogP contribution >= 0.6 is 11.6 Å². The fourth-order valence-electron chi connectivity index (χ4n) is 1.72. The molecular formula is C14H14ClN3O2. The minimum Gasteiger partial charge on any atom is -0.456 e. The molecule has 20 heavy (non-hydrogen) atoms. The maximum atomic E-state index is 11.7. The van der Waals surface area contributed by atoms with Crippen molar-refractivity contribution in [1.29, 1.82) is 0 Å². The van der Waals surface area contributed by atoms with Gasteiger partial charge in [0.1, 0.15) is 6.61 Å². The smallest absolute Gasteiger partial charge is 0.340 e. The van der Waals surface area contributed by atoms with Crippen LogP contribution in [0.5, 0.6) is 0 Å². The molecule has 0 aliphatic carbocycles. The van der Waals surface area contributed by atoms with Crippen LogP contribution in [0.3, 0.4) is 0 Å². The van der Waals surface area contributed by atoms with E-state index in [0.29, 0.717) is 11.4 Å². The molecule has 6 heteroatoms. The number of carbonyl (C=O) groups excluding carboxylic acids is 1. The van der Waals surface area contributed by atoms with E-state index in [-0.39, 0.29) is 11.6 Å². The highest BCUT2D eigenvalue weighted by Crippen LogP contribution is 2.11. The lowest BCUT2D eigenvalue weighted by Gasteiger charge is -2.05. The Morgan fingerprint density at radius 1 is 1.45 bits per heavy atom. The Morgan fingerprint density at radius 2 is 2.20 bits per heavy atom. The highest BCUT2D eigenvalue weighted by Gasteiger charge is 2.10. The van der Waals surface area contributed by atoms with Gasteiger partial charge in [0.25, 0.3) is 0 Å². The Kier molecular flexibility index (Phi) is 4.20. The molecule has 0 N–H and O–H groups in total. The molecule has 0 aliphatic heterocycles. The van der Waals surface area contributed by atoms with Gasteiger partial charge in [-0.1, -0.05) is 18.2 Å². The topological polar surface area (TPSA) is 57.0 Å². The molecule has 0 unspecified atom stereocenters. The number of esters is 1. The Hall–Kier alpha value is -2.14. The summed E-state index contributed by atoms with van der Waals surface area (Å²) in [5.74, 6) is 0.160. The van der Waals surface area contributed by atoms with Gasteiger partial charge in [0.15, 0.2) is 5.82 Å². The van der Waals surface area contributed by atoms with Crippen molar-refractivity contribution in [2.45, 2.75) is 13.8 Å². The summed E-state index contributed by atoms with van der Waals surface area (Å²) in [6.07, 6.45) is 1.45. The molecule has 5 nitrogen and oxygen atoms in total. The van der Waals surface area contributed by atoms with Crippen molar-refractivity contribution < 1.29 is 9.53 Å². The van der Waals surface area contributed by atoms with E-state index in [2.05, 4.69) is 16.7 Å². The fraction of sp³-hybridized carbons (Fsp3) is 0.214. The van der Waals surface area contributed by atoms with E-state index in [1.54, 1.807) is 16.8 Å². The second kappa shape index (κ2) is 5.88. The van der Waals surface area contributed by atoms with Gasteiger partial charge in [-0.25, -0.2) is 14.5 Å². The highest BCUT2D eigenvalue weighted by molar-refractivity contribution is 6.29. The second-order valence-electron chi connectivity index (χ2n) is 4.34. The molecule has 0 amide bonds. The van der Waals surface area contributed by atoms with Gasteiger partial charge in [-0.15, -0.1) is 0 Å². The fourth-order valence-corrected chi connectivity index (χ4v) is 1.77. The zero-order chi connectivity index (χ0) is 14.7. The molecule has 0 fully saturated rings. The van der Waals surface area contributed by atoms with Crippen LogP contribution in [0.25, 0.3) is 5.82 Å². The number of ether oxygens (including phenoxy) is 1. The molecule has 0 aliphatic rings. The van der Waals surface area contributed by atoms with Crippen molar-refractivity contribution >= 4 is 17.6 Å². The Balaban J connectivity index is 2.16. The van der Waals surface area contributed by atoms with Crippen molar-refractivity contribution in [2.24, 2.45) is 0 Å². The summed E-state index contributed by atoms with van der Waals surface area (Å²) in [4.78, 5) is 15.9. The van der Waals surface area contributed by atoms with Crippen LogP contribution in [-0.2, 0) is 4.74 Å². The van der Waals surface area contributed by atoms with Gasteiger partial charge in [0.05, 0.1) is 11.3 Å². The van der Waals surface area contributed by atoms with Gasteiger partial charge in [0.2, 0.25) is 0 Å². The molecule has 0 bridgehead atoms. The largest absolute Gasteiger partial charge is 0.456 e. The molecule has 0 radical (unpaired) electrons. The maximum absolute atomic E-state index is 11.7. The zero-order valence-corrected chi connectivity index (χ0v) is 12.0. The first-order valence-corrected chi connectivity index (χ1v) is 6.35. The molecule has 2 aromatic heterocycles.